The highest BCUT2D eigenvalue weighted by molar-refractivity contribution is 8.14. The molecule has 0 spiro atoms. The number of nitrogens with zero attached hydrogens (tertiary/aromatic N) is 2. The summed E-state index contributed by atoms with van der Waals surface area (Å²) in [6, 6.07) is 8.37. The smallest absolute Gasteiger partial charge is 0.240 e. The van der Waals surface area contributed by atoms with Crippen molar-refractivity contribution in [3.8, 4) is 6.07 Å². The highest BCUT2D eigenvalue weighted by atomic mass is 32.2. The van der Waals surface area contributed by atoms with E-state index in [-0.39, 0.29) is 23.8 Å². The van der Waals surface area contributed by atoms with Gasteiger partial charge in [0.25, 0.3) is 0 Å². The van der Waals surface area contributed by atoms with Crippen molar-refractivity contribution in [2.75, 3.05) is 12.3 Å². The van der Waals surface area contributed by atoms with Gasteiger partial charge in [-0.15, -0.1) is 0 Å². The fraction of sp³-hybridized carbons (Fsp3) is 0.400. The molecule has 1 aromatic rings. The van der Waals surface area contributed by atoms with Gasteiger partial charge < -0.3 is 5.32 Å². The van der Waals surface area contributed by atoms with Gasteiger partial charge in [-0.3, -0.25) is 9.79 Å². The maximum atomic E-state index is 12.1. The SMILES string of the molecule is CC(=O)NC1=N[C@@](C)(c2ccc(S(=O)(=O)NCCC#N)cc2)CS1. The molecular formula is C15H18N4O3S2. The molecule has 1 atom stereocenters. The van der Waals surface area contributed by atoms with Crippen LogP contribution in [-0.4, -0.2) is 31.8 Å². The van der Waals surface area contributed by atoms with E-state index in [4.69, 9.17) is 5.26 Å². The Morgan fingerprint density at radius 3 is 2.67 bits per heavy atom. The van der Waals surface area contributed by atoms with Gasteiger partial charge >= 0.3 is 0 Å². The van der Waals surface area contributed by atoms with E-state index in [2.05, 4.69) is 15.0 Å². The summed E-state index contributed by atoms with van der Waals surface area (Å²) in [4.78, 5) is 15.8. The van der Waals surface area contributed by atoms with Gasteiger partial charge in [-0.1, -0.05) is 23.9 Å². The molecule has 128 valence electrons. The number of carbonyl (C=O) groups excluding carboxylic acids is 1. The van der Waals surface area contributed by atoms with Gasteiger partial charge in [0.15, 0.2) is 5.17 Å². The summed E-state index contributed by atoms with van der Waals surface area (Å²) in [6.45, 7) is 3.44. The summed E-state index contributed by atoms with van der Waals surface area (Å²) >= 11 is 1.45. The summed E-state index contributed by atoms with van der Waals surface area (Å²) in [5, 5.41) is 11.7. The van der Waals surface area contributed by atoms with Gasteiger partial charge in [-0.25, -0.2) is 13.1 Å². The van der Waals surface area contributed by atoms with Gasteiger partial charge in [-0.05, 0) is 24.6 Å². The van der Waals surface area contributed by atoms with Crippen molar-refractivity contribution in [1.82, 2.24) is 10.0 Å². The Balaban J connectivity index is 2.16. The van der Waals surface area contributed by atoms with Crippen molar-refractivity contribution in [3.63, 3.8) is 0 Å². The minimum Gasteiger partial charge on any atom is -0.306 e. The number of benzene rings is 1. The van der Waals surface area contributed by atoms with Crippen LogP contribution >= 0.6 is 11.8 Å². The minimum atomic E-state index is -3.62. The number of amides is 1. The minimum absolute atomic E-state index is 0.0826. The van der Waals surface area contributed by atoms with Crippen LogP contribution in [0, 0.1) is 11.3 Å². The first-order chi connectivity index (χ1) is 11.3. The largest absolute Gasteiger partial charge is 0.306 e. The van der Waals surface area contributed by atoms with Crippen LogP contribution in [0.3, 0.4) is 0 Å². The van der Waals surface area contributed by atoms with E-state index >= 15 is 0 Å². The molecule has 1 aromatic carbocycles. The Labute approximate surface area is 145 Å². The Bertz CT molecular complexity index is 797. The number of amidine groups is 1. The molecule has 0 unspecified atom stereocenters. The third-order valence-electron chi connectivity index (χ3n) is 3.44. The number of hydrogen-bond acceptors (Lipinski definition) is 6. The first-order valence-corrected chi connectivity index (χ1v) is 9.71. The summed E-state index contributed by atoms with van der Waals surface area (Å²) in [5.74, 6) is 0.491. The second kappa shape index (κ2) is 7.34. The fourth-order valence-corrected chi connectivity index (χ4v) is 4.34. The molecule has 0 saturated carbocycles. The van der Waals surface area contributed by atoms with Crippen LogP contribution in [0.5, 0.6) is 0 Å². The van der Waals surface area contributed by atoms with Gasteiger partial charge in [0.1, 0.15) is 0 Å². The van der Waals surface area contributed by atoms with E-state index in [0.29, 0.717) is 10.9 Å². The molecule has 0 saturated heterocycles. The van der Waals surface area contributed by atoms with Gasteiger partial charge in [-0.2, -0.15) is 5.26 Å². The lowest BCUT2D eigenvalue weighted by molar-refractivity contribution is -0.117. The van der Waals surface area contributed by atoms with Crippen molar-refractivity contribution in [1.29, 1.82) is 5.26 Å². The molecule has 0 aliphatic carbocycles. The van der Waals surface area contributed by atoms with Gasteiger partial charge in [0.05, 0.1) is 16.5 Å². The van der Waals surface area contributed by atoms with Gasteiger partial charge in [0, 0.05) is 25.6 Å². The normalized spacial score (nSPS) is 20.3. The van der Waals surface area contributed by atoms with Crippen LogP contribution in [0.15, 0.2) is 34.2 Å². The number of carbonyl (C=O) groups is 1. The van der Waals surface area contributed by atoms with Crippen LogP contribution < -0.4 is 10.0 Å². The maximum absolute atomic E-state index is 12.1. The van der Waals surface area contributed by atoms with Crippen molar-refractivity contribution in [2.24, 2.45) is 4.99 Å². The number of rotatable bonds is 5. The predicted molar refractivity (Wildman–Crippen MR) is 92.9 cm³/mol. The quantitative estimate of drug-likeness (QED) is 0.764. The third kappa shape index (κ3) is 4.35. The lowest BCUT2D eigenvalue weighted by Crippen LogP contribution is -2.25. The van der Waals surface area contributed by atoms with Crippen molar-refractivity contribution < 1.29 is 13.2 Å². The monoisotopic (exact) mass is 366 g/mol. The summed E-state index contributed by atoms with van der Waals surface area (Å²) in [6.07, 6.45) is 0.118. The molecule has 0 fully saturated rings. The lowest BCUT2D eigenvalue weighted by Gasteiger charge is -2.20. The molecule has 2 rings (SSSR count). The predicted octanol–water partition coefficient (Wildman–Crippen LogP) is 1.33. The zero-order chi connectivity index (χ0) is 17.8. The standard InChI is InChI=1S/C15H18N4O3S2/c1-11(20)18-14-19-15(2,10-23-14)12-4-6-13(7-5-12)24(21,22)17-9-3-8-16/h4-7,17H,3,9-10H2,1-2H3,(H,18,19,20)/t15-/m1/s1. The molecule has 7 nitrogen and oxygen atoms in total. The molecule has 1 amide bonds. The van der Waals surface area contributed by atoms with E-state index in [1.165, 1.54) is 30.8 Å². The number of nitriles is 1. The molecule has 2 N–H and O–H groups in total. The van der Waals surface area contributed by atoms with E-state index in [9.17, 15) is 13.2 Å². The molecular weight excluding hydrogens is 348 g/mol. The summed E-state index contributed by atoms with van der Waals surface area (Å²) in [5.41, 5.74) is 0.352. The lowest BCUT2D eigenvalue weighted by atomic mass is 9.95. The van der Waals surface area contributed by atoms with Crippen LogP contribution in [0.4, 0.5) is 0 Å². The molecule has 1 heterocycles. The van der Waals surface area contributed by atoms with Crippen molar-refractivity contribution >= 4 is 32.9 Å². The van der Waals surface area contributed by atoms with E-state index in [1.807, 2.05) is 13.0 Å². The highest BCUT2D eigenvalue weighted by Crippen LogP contribution is 2.36. The molecule has 9 heteroatoms. The first kappa shape index (κ1) is 18.4. The van der Waals surface area contributed by atoms with E-state index < -0.39 is 15.6 Å². The zero-order valence-electron chi connectivity index (χ0n) is 13.4. The van der Waals surface area contributed by atoms with Crippen LogP contribution in [-0.2, 0) is 20.4 Å². The second-order valence-corrected chi connectivity index (χ2v) is 8.22. The van der Waals surface area contributed by atoms with Crippen molar-refractivity contribution in [2.45, 2.75) is 30.7 Å². The number of aliphatic imine (C=N–C) groups is 1. The summed E-state index contributed by atoms with van der Waals surface area (Å²) in [7, 11) is -3.62. The summed E-state index contributed by atoms with van der Waals surface area (Å²) < 4.78 is 26.6. The molecule has 1 aliphatic rings. The van der Waals surface area contributed by atoms with Crippen LogP contribution in [0.2, 0.25) is 0 Å². The Kier molecular flexibility index (Phi) is 5.64. The average Bonchev–Trinajstić information content (AvgIpc) is 2.89. The molecule has 0 aromatic heterocycles. The first-order valence-electron chi connectivity index (χ1n) is 7.24. The number of thioether (sulfide) groups is 1. The Morgan fingerprint density at radius 2 is 2.08 bits per heavy atom. The molecule has 0 bridgehead atoms. The number of sulfonamides is 1. The van der Waals surface area contributed by atoms with Crippen LogP contribution in [0.25, 0.3) is 0 Å². The maximum Gasteiger partial charge on any atom is 0.240 e. The molecule has 1 aliphatic heterocycles. The Hall–Kier alpha value is -1.89. The van der Waals surface area contributed by atoms with Gasteiger partial charge in [0.2, 0.25) is 15.9 Å². The molecule has 0 radical (unpaired) electrons. The molecule has 24 heavy (non-hydrogen) atoms. The van der Waals surface area contributed by atoms with E-state index in [1.54, 1.807) is 12.1 Å². The Morgan fingerprint density at radius 1 is 1.42 bits per heavy atom. The number of nitrogens with one attached hydrogen (secondary N) is 2. The third-order valence-corrected chi connectivity index (χ3v) is 6.09. The van der Waals surface area contributed by atoms with Crippen molar-refractivity contribution in [3.05, 3.63) is 29.8 Å². The van der Waals surface area contributed by atoms with E-state index in [0.717, 1.165) is 5.56 Å². The zero-order valence-corrected chi connectivity index (χ0v) is 15.0. The fourth-order valence-electron chi connectivity index (χ4n) is 2.18. The second-order valence-electron chi connectivity index (χ2n) is 5.49. The topological polar surface area (TPSA) is 111 Å². The average molecular weight is 366 g/mol. The highest BCUT2D eigenvalue weighted by Gasteiger charge is 2.33. The van der Waals surface area contributed by atoms with Crippen LogP contribution in [0.1, 0.15) is 25.8 Å². The number of hydrogen-bond donors (Lipinski definition) is 2.